The quantitative estimate of drug-likeness (QED) is 0.818. The van der Waals surface area contributed by atoms with Crippen LogP contribution >= 0.6 is 0 Å². The van der Waals surface area contributed by atoms with Crippen molar-refractivity contribution in [3.63, 3.8) is 0 Å². The Kier molecular flexibility index (Phi) is 5.20. The Bertz CT molecular complexity index is 955. The van der Waals surface area contributed by atoms with Crippen LogP contribution in [0.2, 0.25) is 0 Å². The third kappa shape index (κ3) is 4.08. The number of rotatable bonds is 6. The predicted octanol–water partition coefficient (Wildman–Crippen LogP) is 2.95. The molecule has 0 radical (unpaired) electrons. The Hall–Kier alpha value is -3.35. The first-order chi connectivity index (χ1) is 14.0. The molecule has 3 amide bonds. The van der Waals surface area contributed by atoms with Crippen LogP contribution in [-0.4, -0.2) is 38.1 Å². The van der Waals surface area contributed by atoms with E-state index in [-0.39, 0.29) is 23.8 Å². The van der Waals surface area contributed by atoms with Crippen LogP contribution in [0.4, 0.5) is 16.2 Å². The summed E-state index contributed by atoms with van der Waals surface area (Å²) in [5.74, 6) is -0.117. The van der Waals surface area contributed by atoms with Crippen LogP contribution in [0.1, 0.15) is 28.8 Å². The summed E-state index contributed by atoms with van der Waals surface area (Å²) < 4.78 is 4.98. The van der Waals surface area contributed by atoms with Gasteiger partial charge in [0.15, 0.2) is 0 Å². The van der Waals surface area contributed by atoms with E-state index in [2.05, 4.69) is 5.32 Å². The van der Waals surface area contributed by atoms with E-state index >= 15 is 0 Å². The minimum atomic E-state index is -0.358. The number of cyclic esters (lactones) is 1. The fraction of sp³-hybridized carbons (Fsp3) is 0.318. The number of para-hydroxylation sites is 1. The Morgan fingerprint density at radius 1 is 1.17 bits per heavy atom. The lowest BCUT2D eigenvalue weighted by Gasteiger charge is -2.20. The molecular weight excluding hydrogens is 370 g/mol. The number of ether oxygens (including phenoxy) is 1. The summed E-state index contributed by atoms with van der Waals surface area (Å²) in [7, 11) is 1.71. The Morgan fingerprint density at radius 2 is 1.97 bits per heavy atom. The molecule has 1 N–H and O–H groups in total. The maximum Gasteiger partial charge on any atom is 0.414 e. The van der Waals surface area contributed by atoms with Gasteiger partial charge in [-0.2, -0.15) is 0 Å². The van der Waals surface area contributed by atoms with Gasteiger partial charge < -0.3 is 15.0 Å². The van der Waals surface area contributed by atoms with Crippen molar-refractivity contribution in [3.8, 4) is 0 Å². The van der Waals surface area contributed by atoms with Crippen molar-refractivity contribution in [2.24, 2.45) is 5.92 Å². The molecule has 2 aliphatic rings. The number of benzene rings is 2. The molecule has 0 bridgehead atoms. The van der Waals surface area contributed by atoms with Gasteiger partial charge >= 0.3 is 6.09 Å². The van der Waals surface area contributed by atoms with E-state index < -0.39 is 0 Å². The SMILES string of the molecule is CN(C(=O)C1CC1)c1ccccc1C(=O)NCc1cccc(N2CCOC2=O)c1. The largest absolute Gasteiger partial charge is 0.447 e. The molecule has 2 aromatic carbocycles. The van der Waals surface area contributed by atoms with Gasteiger partial charge in [-0.15, -0.1) is 0 Å². The highest BCUT2D eigenvalue weighted by Crippen LogP contribution is 2.33. The first-order valence-corrected chi connectivity index (χ1v) is 9.72. The molecule has 0 unspecified atom stereocenters. The minimum absolute atomic E-state index is 0.0513. The normalized spacial score (nSPS) is 15.8. The first-order valence-electron chi connectivity index (χ1n) is 9.72. The number of carbonyl (C=O) groups is 3. The van der Waals surface area contributed by atoms with Gasteiger partial charge in [-0.25, -0.2) is 4.79 Å². The third-order valence-electron chi connectivity index (χ3n) is 5.20. The van der Waals surface area contributed by atoms with E-state index in [9.17, 15) is 14.4 Å². The second-order valence-electron chi connectivity index (χ2n) is 7.31. The van der Waals surface area contributed by atoms with Crippen molar-refractivity contribution in [1.29, 1.82) is 0 Å². The Labute approximate surface area is 169 Å². The van der Waals surface area contributed by atoms with Crippen molar-refractivity contribution in [3.05, 3.63) is 59.7 Å². The van der Waals surface area contributed by atoms with Crippen LogP contribution in [0, 0.1) is 5.92 Å². The number of amides is 3. The number of nitrogens with one attached hydrogen (secondary N) is 1. The van der Waals surface area contributed by atoms with Crippen LogP contribution in [0.5, 0.6) is 0 Å². The zero-order valence-electron chi connectivity index (χ0n) is 16.3. The lowest BCUT2D eigenvalue weighted by Crippen LogP contribution is -2.31. The number of hydrogen-bond acceptors (Lipinski definition) is 4. The Morgan fingerprint density at radius 3 is 2.69 bits per heavy atom. The molecule has 1 aliphatic heterocycles. The van der Waals surface area contributed by atoms with Gasteiger partial charge in [0.05, 0.1) is 17.8 Å². The van der Waals surface area contributed by atoms with Crippen LogP contribution in [-0.2, 0) is 16.1 Å². The summed E-state index contributed by atoms with van der Waals surface area (Å²) in [6, 6.07) is 14.5. The standard InChI is InChI=1S/C22H23N3O4/c1-24(21(27)16-9-10-16)19-8-3-2-7-18(19)20(26)23-14-15-5-4-6-17(13-15)25-11-12-29-22(25)28/h2-8,13,16H,9-12,14H2,1H3,(H,23,26). The van der Waals surface area contributed by atoms with Crippen molar-refractivity contribution in [1.82, 2.24) is 5.32 Å². The molecule has 4 rings (SSSR count). The van der Waals surface area contributed by atoms with E-state index in [0.29, 0.717) is 30.9 Å². The van der Waals surface area contributed by atoms with Gasteiger partial charge in [-0.1, -0.05) is 24.3 Å². The summed E-state index contributed by atoms with van der Waals surface area (Å²) in [4.78, 5) is 40.1. The molecule has 0 spiro atoms. The second-order valence-corrected chi connectivity index (χ2v) is 7.31. The molecule has 150 valence electrons. The highest BCUT2D eigenvalue weighted by molar-refractivity contribution is 6.05. The van der Waals surface area contributed by atoms with E-state index in [1.807, 2.05) is 30.3 Å². The van der Waals surface area contributed by atoms with E-state index in [1.54, 1.807) is 35.0 Å². The van der Waals surface area contributed by atoms with Crippen LogP contribution < -0.4 is 15.1 Å². The Balaban J connectivity index is 1.45. The number of nitrogens with zero attached hydrogens (tertiary/aromatic N) is 2. The molecule has 7 nitrogen and oxygen atoms in total. The molecule has 2 fully saturated rings. The average molecular weight is 393 g/mol. The van der Waals surface area contributed by atoms with Crippen molar-refractivity contribution in [2.45, 2.75) is 19.4 Å². The van der Waals surface area contributed by atoms with E-state index in [0.717, 1.165) is 24.1 Å². The predicted molar refractivity (Wildman–Crippen MR) is 109 cm³/mol. The third-order valence-corrected chi connectivity index (χ3v) is 5.20. The highest BCUT2D eigenvalue weighted by atomic mass is 16.6. The fourth-order valence-corrected chi connectivity index (χ4v) is 3.42. The first kappa shape index (κ1) is 19.0. The van der Waals surface area contributed by atoms with Gasteiger partial charge in [-0.05, 0) is 42.7 Å². The van der Waals surface area contributed by atoms with Gasteiger partial charge in [0.1, 0.15) is 6.61 Å². The second kappa shape index (κ2) is 7.95. The zero-order chi connectivity index (χ0) is 20.4. The minimum Gasteiger partial charge on any atom is -0.447 e. The lowest BCUT2D eigenvalue weighted by atomic mass is 10.1. The van der Waals surface area contributed by atoms with Crippen molar-refractivity contribution in [2.75, 3.05) is 30.0 Å². The molecule has 29 heavy (non-hydrogen) atoms. The molecule has 1 aliphatic carbocycles. The topological polar surface area (TPSA) is 79.0 Å². The molecule has 1 saturated carbocycles. The van der Waals surface area contributed by atoms with Gasteiger partial charge in [0.2, 0.25) is 5.91 Å². The van der Waals surface area contributed by atoms with Gasteiger partial charge in [0, 0.05) is 25.2 Å². The number of anilines is 2. The molecular formula is C22H23N3O4. The molecule has 0 aromatic heterocycles. The van der Waals surface area contributed by atoms with E-state index in [4.69, 9.17) is 4.74 Å². The van der Waals surface area contributed by atoms with Gasteiger partial charge in [0.25, 0.3) is 5.91 Å². The van der Waals surface area contributed by atoms with Crippen LogP contribution in [0.15, 0.2) is 48.5 Å². The van der Waals surface area contributed by atoms with Crippen molar-refractivity contribution >= 4 is 29.3 Å². The number of hydrogen-bond donors (Lipinski definition) is 1. The molecule has 0 atom stereocenters. The molecule has 7 heteroatoms. The monoisotopic (exact) mass is 393 g/mol. The summed E-state index contributed by atoms with van der Waals surface area (Å²) in [6.45, 7) is 1.21. The maximum atomic E-state index is 12.8. The van der Waals surface area contributed by atoms with E-state index in [1.165, 1.54) is 0 Å². The van der Waals surface area contributed by atoms with Crippen LogP contribution in [0.3, 0.4) is 0 Å². The highest BCUT2D eigenvalue weighted by Gasteiger charge is 2.33. The molecule has 1 saturated heterocycles. The maximum absolute atomic E-state index is 12.8. The van der Waals surface area contributed by atoms with Crippen molar-refractivity contribution < 1.29 is 19.1 Å². The molecule has 2 aromatic rings. The van der Waals surface area contributed by atoms with Crippen LogP contribution in [0.25, 0.3) is 0 Å². The fourth-order valence-electron chi connectivity index (χ4n) is 3.42. The van der Waals surface area contributed by atoms with Gasteiger partial charge in [-0.3, -0.25) is 14.5 Å². The zero-order valence-corrected chi connectivity index (χ0v) is 16.3. The smallest absolute Gasteiger partial charge is 0.414 e. The number of carbonyl (C=O) groups excluding carboxylic acids is 3. The summed E-state index contributed by atoms with van der Waals surface area (Å²) in [6.07, 6.45) is 1.47. The lowest BCUT2D eigenvalue weighted by molar-refractivity contribution is -0.119. The molecule has 1 heterocycles. The summed E-state index contributed by atoms with van der Waals surface area (Å²) in [5, 5.41) is 2.91. The average Bonchev–Trinajstić information content (AvgIpc) is 3.51. The summed E-state index contributed by atoms with van der Waals surface area (Å²) >= 11 is 0. The summed E-state index contributed by atoms with van der Waals surface area (Å²) in [5.41, 5.74) is 2.68.